The molecule has 4 heteroatoms. The Hall–Kier alpha value is -0.610. The Bertz CT molecular complexity index is 209. The summed E-state index contributed by atoms with van der Waals surface area (Å²) in [5.41, 5.74) is 5.42. The maximum atomic E-state index is 11.9. The van der Waals surface area contributed by atoms with E-state index in [9.17, 15) is 4.79 Å². The standard InChI is InChI=1S/C12H24N2O2/c1-11-10-16-9-8-14(11)12(15)6-4-2-3-5-7-13/h11H,2-10,13H2,1H3/t11-/m1/s1. The van der Waals surface area contributed by atoms with Crippen LogP contribution in [0.25, 0.3) is 0 Å². The zero-order valence-corrected chi connectivity index (χ0v) is 10.3. The molecule has 1 atom stereocenters. The molecule has 1 rings (SSSR count). The van der Waals surface area contributed by atoms with Gasteiger partial charge in [-0.25, -0.2) is 0 Å². The molecule has 1 heterocycles. The maximum Gasteiger partial charge on any atom is 0.222 e. The summed E-state index contributed by atoms with van der Waals surface area (Å²) in [6.07, 6.45) is 4.99. The van der Waals surface area contributed by atoms with Gasteiger partial charge in [0.15, 0.2) is 0 Å². The highest BCUT2D eigenvalue weighted by Gasteiger charge is 2.22. The second-order valence-electron chi connectivity index (χ2n) is 4.46. The molecule has 16 heavy (non-hydrogen) atoms. The number of carbonyl (C=O) groups is 1. The monoisotopic (exact) mass is 228 g/mol. The van der Waals surface area contributed by atoms with Gasteiger partial charge in [0.05, 0.1) is 19.3 Å². The van der Waals surface area contributed by atoms with E-state index in [1.165, 1.54) is 0 Å². The van der Waals surface area contributed by atoms with Crippen molar-refractivity contribution in [1.82, 2.24) is 4.90 Å². The molecule has 1 fully saturated rings. The second kappa shape index (κ2) is 7.63. The highest BCUT2D eigenvalue weighted by atomic mass is 16.5. The van der Waals surface area contributed by atoms with E-state index in [0.29, 0.717) is 19.6 Å². The van der Waals surface area contributed by atoms with Gasteiger partial charge in [0, 0.05) is 13.0 Å². The Morgan fingerprint density at radius 2 is 2.12 bits per heavy atom. The minimum atomic E-state index is 0.241. The highest BCUT2D eigenvalue weighted by molar-refractivity contribution is 5.76. The van der Waals surface area contributed by atoms with Gasteiger partial charge in [-0.05, 0) is 26.3 Å². The van der Waals surface area contributed by atoms with E-state index in [-0.39, 0.29) is 11.9 Å². The molecule has 0 aromatic rings. The Labute approximate surface area is 98.1 Å². The fraction of sp³-hybridized carbons (Fsp3) is 0.917. The van der Waals surface area contributed by atoms with Gasteiger partial charge in [0.25, 0.3) is 0 Å². The molecular weight excluding hydrogens is 204 g/mol. The molecule has 0 radical (unpaired) electrons. The first kappa shape index (κ1) is 13.5. The van der Waals surface area contributed by atoms with Crippen LogP contribution in [0.15, 0.2) is 0 Å². The zero-order chi connectivity index (χ0) is 11.8. The number of nitrogens with two attached hydrogens (primary N) is 1. The van der Waals surface area contributed by atoms with Gasteiger partial charge in [-0.15, -0.1) is 0 Å². The van der Waals surface area contributed by atoms with Gasteiger partial charge in [0.2, 0.25) is 5.91 Å². The molecule has 0 saturated carbocycles. The minimum Gasteiger partial charge on any atom is -0.377 e. The van der Waals surface area contributed by atoms with Crippen LogP contribution in [0.5, 0.6) is 0 Å². The van der Waals surface area contributed by atoms with Crippen LogP contribution in [0.4, 0.5) is 0 Å². The normalized spacial score (nSPS) is 21.1. The summed E-state index contributed by atoms with van der Waals surface area (Å²) in [6.45, 7) is 4.92. The smallest absolute Gasteiger partial charge is 0.222 e. The summed E-state index contributed by atoms with van der Waals surface area (Å²) >= 11 is 0. The van der Waals surface area contributed by atoms with Gasteiger partial charge >= 0.3 is 0 Å². The van der Waals surface area contributed by atoms with Crippen LogP contribution in [-0.2, 0) is 9.53 Å². The van der Waals surface area contributed by atoms with Crippen LogP contribution in [-0.4, -0.2) is 43.2 Å². The van der Waals surface area contributed by atoms with Crippen molar-refractivity contribution in [2.75, 3.05) is 26.3 Å². The van der Waals surface area contributed by atoms with Gasteiger partial charge in [-0.3, -0.25) is 4.79 Å². The molecule has 0 aromatic carbocycles. The van der Waals surface area contributed by atoms with E-state index in [4.69, 9.17) is 10.5 Å². The number of rotatable bonds is 6. The third kappa shape index (κ3) is 4.49. The number of amides is 1. The molecule has 0 bridgehead atoms. The summed E-state index contributed by atoms with van der Waals surface area (Å²) in [5.74, 6) is 0.281. The van der Waals surface area contributed by atoms with Gasteiger partial charge < -0.3 is 15.4 Å². The number of morpholine rings is 1. The summed E-state index contributed by atoms with van der Waals surface area (Å²) < 4.78 is 5.31. The van der Waals surface area contributed by atoms with E-state index in [1.807, 2.05) is 11.8 Å². The number of hydrogen-bond acceptors (Lipinski definition) is 3. The minimum absolute atomic E-state index is 0.241. The molecule has 1 amide bonds. The van der Waals surface area contributed by atoms with E-state index in [1.54, 1.807) is 0 Å². The molecule has 0 unspecified atom stereocenters. The largest absolute Gasteiger partial charge is 0.377 e. The van der Waals surface area contributed by atoms with E-state index in [2.05, 4.69) is 0 Å². The molecule has 0 aromatic heterocycles. The zero-order valence-electron chi connectivity index (χ0n) is 10.3. The highest BCUT2D eigenvalue weighted by Crippen LogP contribution is 2.11. The van der Waals surface area contributed by atoms with Gasteiger partial charge in [-0.1, -0.05) is 12.8 Å². The third-order valence-corrected chi connectivity index (χ3v) is 3.03. The number of unbranched alkanes of at least 4 members (excludes halogenated alkanes) is 3. The fourth-order valence-corrected chi connectivity index (χ4v) is 2.02. The maximum absolute atomic E-state index is 11.9. The summed E-state index contributed by atoms with van der Waals surface area (Å²) in [4.78, 5) is 13.8. The molecule has 4 nitrogen and oxygen atoms in total. The van der Waals surface area contributed by atoms with Crippen molar-refractivity contribution in [2.45, 2.75) is 45.1 Å². The van der Waals surface area contributed by atoms with Crippen LogP contribution in [0, 0.1) is 0 Å². The Balaban J connectivity index is 2.13. The van der Waals surface area contributed by atoms with Crippen molar-refractivity contribution in [3.8, 4) is 0 Å². The third-order valence-electron chi connectivity index (χ3n) is 3.03. The predicted molar refractivity (Wildman–Crippen MR) is 64.1 cm³/mol. The molecular formula is C12H24N2O2. The molecule has 0 aliphatic carbocycles. The Morgan fingerprint density at radius 1 is 1.38 bits per heavy atom. The molecule has 1 aliphatic heterocycles. The quantitative estimate of drug-likeness (QED) is 0.694. The molecule has 1 aliphatic rings. The summed E-state index contributed by atoms with van der Waals surface area (Å²) in [5, 5.41) is 0. The average Bonchev–Trinajstić information content (AvgIpc) is 2.29. The summed E-state index contributed by atoms with van der Waals surface area (Å²) in [7, 11) is 0. The first-order valence-electron chi connectivity index (χ1n) is 6.33. The SMILES string of the molecule is C[C@@H]1COCCN1C(=O)CCCCCCN. The predicted octanol–water partition coefficient (Wildman–Crippen LogP) is 1.14. The van der Waals surface area contributed by atoms with Crippen molar-refractivity contribution < 1.29 is 9.53 Å². The lowest BCUT2D eigenvalue weighted by Crippen LogP contribution is -2.47. The van der Waals surface area contributed by atoms with E-state index in [0.717, 1.165) is 38.8 Å². The van der Waals surface area contributed by atoms with Crippen molar-refractivity contribution in [2.24, 2.45) is 5.73 Å². The first-order valence-corrected chi connectivity index (χ1v) is 6.33. The Morgan fingerprint density at radius 3 is 2.81 bits per heavy atom. The van der Waals surface area contributed by atoms with E-state index < -0.39 is 0 Å². The molecule has 94 valence electrons. The molecule has 0 spiro atoms. The average molecular weight is 228 g/mol. The van der Waals surface area contributed by atoms with Crippen LogP contribution >= 0.6 is 0 Å². The number of hydrogen-bond donors (Lipinski definition) is 1. The van der Waals surface area contributed by atoms with Gasteiger partial charge in [0.1, 0.15) is 0 Å². The Kier molecular flexibility index (Phi) is 6.42. The summed E-state index contributed by atoms with van der Waals surface area (Å²) in [6, 6.07) is 0.241. The van der Waals surface area contributed by atoms with Crippen molar-refractivity contribution >= 4 is 5.91 Å². The lowest BCUT2D eigenvalue weighted by Gasteiger charge is -2.33. The molecule has 2 N–H and O–H groups in total. The van der Waals surface area contributed by atoms with Crippen LogP contribution in [0.1, 0.15) is 39.0 Å². The second-order valence-corrected chi connectivity index (χ2v) is 4.46. The van der Waals surface area contributed by atoms with Gasteiger partial charge in [-0.2, -0.15) is 0 Å². The van der Waals surface area contributed by atoms with E-state index >= 15 is 0 Å². The van der Waals surface area contributed by atoms with Crippen molar-refractivity contribution in [3.05, 3.63) is 0 Å². The van der Waals surface area contributed by atoms with Crippen LogP contribution < -0.4 is 5.73 Å². The first-order chi connectivity index (χ1) is 7.75. The van der Waals surface area contributed by atoms with Crippen LogP contribution in [0.3, 0.4) is 0 Å². The number of carbonyl (C=O) groups excluding carboxylic acids is 1. The topological polar surface area (TPSA) is 55.6 Å². The lowest BCUT2D eigenvalue weighted by atomic mass is 10.1. The van der Waals surface area contributed by atoms with Crippen LogP contribution in [0.2, 0.25) is 0 Å². The van der Waals surface area contributed by atoms with Crippen molar-refractivity contribution in [1.29, 1.82) is 0 Å². The molecule has 1 saturated heterocycles. The lowest BCUT2D eigenvalue weighted by molar-refractivity contribution is -0.139. The fourth-order valence-electron chi connectivity index (χ4n) is 2.02. The van der Waals surface area contributed by atoms with Crippen molar-refractivity contribution in [3.63, 3.8) is 0 Å². The number of ether oxygens (including phenoxy) is 1. The number of nitrogens with zero attached hydrogens (tertiary/aromatic N) is 1.